The molecule has 3 aromatic rings. The van der Waals surface area contributed by atoms with Gasteiger partial charge in [-0.05, 0) is 30.7 Å². The van der Waals surface area contributed by atoms with Gasteiger partial charge in [0.05, 0.1) is 34.3 Å². The molecule has 0 atom stereocenters. The normalized spacial score (nSPS) is 12.0. The van der Waals surface area contributed by atoms with Crippen LogP contribution in [0, 0.1) is 6.92 Å². The van der Waals surface area contributed by atoms with Gasteiger partial charge in [-0.2, -0.15) is 13.2 Å². The number of aromatic nitrogens is 1. The number of carbonyl (C=O) groups is 1. The lowest BCUT2D eigenvalue weighted by Crippen LogP contribution is -2.28. The minimum Gasteiger partial charge on any atom is -0.320 e. The highest BCUT2D eigenvalue weighted by molar-refractivity contribution is 7.88. The SMILES string of the molecule is Cc1cnc2c(NC(=O)c3ccccc3C(F)(F)F)cccc2c1NNS(C)(=O)=O. The molecule has 3 N–H and O–H groups in total. The molecule has 0 bridgehead atoms. The van der Waals surface area contributed by atoms with Crippen molar-refractivity contribution in [1.29, 1.82) is 0 Å². The zero-order chi connectivity index (χ0) is 22.1. The number of pyridine rings is 1. The van der Waals surface area contributed by atoms with Gasteiger partial charge in [0.25, 0.3) is 5.91 Å². The Bertz CT molecular complexity index is 1230. The molecule has 0 unspecified atom stereocenters. The molecule has 3 rings (SSSR count). The molecule has 0 radical (unpaired) electrons. The van der Waals surface area contributed by atoms with Crippen molar-refractivity contribution in [2.24, 2.45) is 0 Å². The maximum atomic E-state index is 13.2. The molecule has 1 aromatic heterocycles. The number of hydrogen-bond acceptors (Lipinski definition) is 5. The number of carbonyl (C=O) groups excluding carboxylic acids is 1. The molecule has 0 aliphatic rings. The lowest BCUT2D eigenvalue weighted by atomic mass is 10.1. The van der Waals surface area contributed by atoms with Gasteiger partial charge in [-0.1, -0.05) is 24.3 Å². The van der Waals surface area contributed by atoms with Gasteiger partial charge in [0, 0.05) is 11.6 Å². The number of alkyl halides is 3. The lowest BCUT2D eigenvalue weighted by molar-refractivity contribution is -0.137. The largest absolute Gasteiger partial charge is 0.417 e. The minimum absolute atomic E-state index is 0.178. The summed E-state index contributed by atoms with van der Waals surface area (Å²) in [4.78, 5) is 19.0. The summed E-state index contributed by atoms with van der Waals surface area (Å²) in [5, 5.41) is 2.93. The van der Waals surface area contributed by atoms with E-state index in [4.69, 9.17) is 0 Å². The first kappa shape index (κ1) is 21.5. The van der Waals surface area contributed by atoms with Gasteiger partial charge >= 0.3 is 6.18 Å². The van der Waals surface area contributed by atoms with Gasteiger partial charge < -0.3 is 10.7 Å². The van der Waals surface area contributed by atoms with Crippen molar-refractivity contribution in [2.75, 3.05) is 17.0 Å². The average molecular weight is 438 g/mol. The first-order valence-corrected chi connectivity index (χ1v) is 10.5. The molecule has 0 fully saturated rings. The highest BCUT2D eigenvalue weighted by Gasteiger charge is 2.34. The Morgan fingerprint density at radius 1 is 1.07 bits per heavy atom. The lowest BCUT2D eigenvalue weighted by Gasteiger charge is -2.16. The second-order valence-electron chi connectivity index (χ2n) is 6.51. The number of rotatable bonds is 5. The number of nitrogens with one attached hydrogen (secondary N) is 3. The molecule has 1 heterocycles. The van der Waals surface area contributed by atoms with E-state index >= 15 is 0 Å². The Hall–Kier alpha value is -3.18. The van der Waals surface area contributed by atoms with Crippen LogP contribution >= 0.6 is 0 Å². The average Bonchev–Trinajstić information content (AvgIpc) is 2.66. The molecule has 0 aliphatic heterocycles. The summed E-state index contributed by atoms with van der Waals surface area (Å²) >= 11 is 0. The van der Waals surface area contributed by atoms with Crippen LogP contribution in [-0.4, -0.2) is 25.6 Å². The summed E-state index contributed by atoms with van der Waals surface area (Å²) in [5.41, 5.74) is 2.50. The van der Waals surface area contributed by atoms with E-state index in [1.54, 1.807) is 19.1 Å². The van der Waals surface area contributed by atoms with Crippen LogP contribution < -0.4 is 15.6 Å². The number of nitrogens with zero attached hydrogens (tertiary/aromatic N) is 1. The van der Waals surface area contributed by atoms with Gasteiger partial charge in [0.2, 0.25) is 10.0 Å². The fourth-order valence-electron chi connectivity index (χ4n) is 2.85. The van der Waals surface area contributed by atoms with Crippen molar-refractivity contribution in [3.8, 4) is 0 Å². The Balaban J connectivity index is 2.02. The first-order chi connectivity index (χ1) is 14.0. The van der Waals surface area contributed by atoms with Crippen molar-refractivity contribution in [2.45, 2.75) is 13.1 Å². The zero-order valence-corrected chi connectivity index (χ0v) is 16.6. The number of para-hydroxylation sites is 1. The fourth-order valence-corrected chi connectivity index (χ4v) is 3.14. The van der Waals surface area contributed by atoms with Crippen LogP contribution in [0.5, 0.6) is 0 Å². The summed E-state index contributed by atoms with van der Waals surface area (Å²) < 4.78 is 62.5. The van der Waals surface area contributed by atoms with Crippen molar-refractivity contribution >= 4 is 38.2 Å². The third-order valence-electron chi connectivity index (χ3n) is 4.17. The maximum Gasteiger partial charge on any atom is 0.417 e. The Morgan fingerprint density at radius 2 is 1.77 bits per heavy atom. The van der Waals surface area contributed by atoms with Crippen molar-refractivity contribution < 1.29 is 26.4 Å². The molecule has 0 saturated heterocycles. The summed E-state index contributed by atoms with van der Waals surface area (Å²) in [6.07, 6.45) is -2.26. The van der Waals surface area contributed by atoms with E-state index in [9.17, 15) is 26.4 Å². The Kier molecular flexibility index (Phi) is 5.68. The Morgan fingerprint density at radius 3 is 2.43 bits per heavy atom. The number of anilines is 2. The molecule has 11 heteroatoms. The highest BCUT2D eigenvalue weighted by atomic mass is 32.2. The quantitative estimate of drug-likeness (QED) is 0.528. The smallest absolute Gasteiger partial charge is 0.320 e. The number of benzene rings is 2. The summed E-state index contributed by atoms with van der Waals surface area (Å²) in [7, 11) is -3.55. The highest BCUT2D eigenvalue weighted by Crippen LogP contribution is 2.33. The fraction of sp³-hybridized carbons (Fsp3) is 0.158. The number of amides is 1. The number of aryl methyl sites for hydroxylation is 1. The van der Waals surface area contributed by atoms with Crippen LogP contribution in [0.4, 0.5) is 24.5 Å². The molecular weight excluding hydrogens is 421 g/mol. The predicted octanol–water partition coefficient (Wildman–Crippen LogP) is 3.69. The molecule has 0 saturated carbocycles. The molecule has 30 heavy (non-hydrogen) atoms. The standard InChI is InChI=1S/C19H17F3N4O3S/c1-11-10-23-17-13(16(11)25-26-30(2,28)29)7-5-9-15(17)24-18(27)12-6-3-4-8-14(12)19(20,21)22/h3-10,26H,1-2H3,(H,23,25)(H,24,27). The summed E-state index contributed by atoms with van der Waals surface area (Å²) in [6.45, 7) is 1.70. The number of hydrazine groups is 1. The molecule has 158 valence electrons. The summed E-state index contributed by atoms with van der Waals surface area (Å²) in [6, 6.07) is 9.17. The molecule has 0 spiro atoms. The molecule has 1 amide bonds. The van der Waals surface area contributed by atoms with Gasteiger partial charge in [-0.25, -0.2) is 8.42 Å². The van der Waals surface area contributed by atoms with Crippen LogP contribution in [0.3, 0.4) is 0 Å². The predicted molar refractivity (Wildman–Crippen MR) is 107 cm³/mol. The maximum absolute atomic E-state index is 13.2. The van der Waals surface area contributed by atoms with Crippen LogP contribution in [0.2, 0.25) is 0 Å². The summed E-state index contributed by atoms with van der Waals surface area (Å²) in [5.74, 6) is -0.943. The van der Waals surface area contributed by atoms with Gasteiger partial charge in [0.15, 0.2) is 0 Å². The van der Waals surface area contributed by atoms with Crippen LogP contribution in [-0.2, 0) is 16.2 Å². The van der Waals surface area contributed by atoms with E-state index in [0.29, 0.717) is 16.6 Å². The van der Waals surface area contributed by atoms with Crippen molar-refractivity contribution in [3.05, 3.63) is 65.4 Å². The van der Waals surface area contributed by atoms with E-state index < -0.39 is 33.2 Å². The van der Waals surface area contributed by atoms with E-state index in [1.165, 1.54) is 24.4 Å². The van der Waals surface area contributed by atoms with Gasteiger partial charge in [-0.3, -0.25) is 9.78 Å². The van der Waals surface area contributed by atoms with Crippen molar-refractivity contribution in [3.63, 3.8) is 0 Å². The van der Waals surface area contributed by atoms with Gasteiger partial charge in [0.1, 0.15) is 0 Å². The van der Waals surface area contributed by atoms with Gasteiger partial charge in [-0.15, -0.1) is 4.83 Å². The molecule has 0 aliphatic carbocycles. The monoisotopic (exact) mass is 438 g/mol. The topological polar surface area (TPSA) is 100 Å². The number of halogens is 3. The van der Waals surface area contributed by atoms with E-state index in [1.807, 2.05) is 0 Å². The number of fused-ring (bicyclic) bond motifs is 1. The first-order valence-electron chi connectivity index (χ1n) is 8.56. The molecular formula is C19H17F3N4O3S. The Labute approximate surface area is 170 Å². The third-order valence-corrected chi connectivity index (χ3v) is 4.65. The minimum atomic E-state index is -4.68. The van der Waals surface area contributed by atoms with E-state index in [0.717, 1.165) is 18.4 Å². The molecule has 2 aromatic carbocycles. The van der Waals surface area contributed by atoms with E-state index in [-0.39, 0.29) is 11.2 Å². The zero-order valence-electron chi connectivity index (χ0n) is 15.8. The third kappa shape index (κ3) is 4.69. The van der Waals surface area contributed by atoms with Crippen LogP contribution in [0.15, 0.2) is 48.7 Å². The second-order valence-corrected chi connectivity index (χ2v) is 8.26. The second kappa shape index (κ2) is 7.92. The number of hydrogen-bond donors (Lipinski definition) is 3. The number of sulfonamides is 1. The van der Waals surface area contributed by atoms with Crippen LogP contribution in [0.1, 0.15) is 21.5 Å². The van der Waals surface area contributed by atoms with Crippen molar-refractivity contribution in [1.82, 2.24) is 9.82 Å². The molecule has 7 nitrogen and oxygen atoms in total. The van der Waals surface area contributed by atoms with E-state index in [2.05, 4.69) is 20.6 Å². The van der Waals surface area contributed by atoms with Crippen LogP contribution in [0.25, 0.3) is 10.9 Å².